The lowest BCUT2D eigenvalue weighted by molar-refractivity contribution is 0.646. The number of thiocarbonyl (C=S) groups is 1. The van der Waals surface area contributed by atoms with Gasteiger partial charge in [0.1, 0.15) is 6.33 Å². The van der Waals surface area contributed by atoms with Crippen molar-refractivity contribution in [1.82, 2.24) is 29.6 Å². The van der Waals surface area contributed by atoms with Crippen LogP contribution in [0.4, 0.5) is 0 Å². The Bertz CT molecular complexity index is 1200. The van der Waals surface area contributed by atoms with Crippen molar-refractivity contribution in [3.63, 3.8) is 0 Å². The molecule has 0 aliphatic carbocycles. The van der Waals surface area contributed by atoms with Gasteiger partial charge >= 0.3 is 0 Å². The van der Waals surface area contributed by atoms with Crippen molar-refractivity contribution in [3.8, 4) is 0 Å². The van der Waals surface area contributed by atoms with Gasteiger partial charge in [0.2, 0.25) is 0 Å². The van der Waals surface area contributed by atoms with Crippen LogP contribution in [0.2, 0.25) is 0 Å². The van der Waals surface area contributed by atoms with Crippen LogP contribution in [0, 0.1) is 0 Å². The molecule has 8 nitrogen and oxygen atoms in total. The maximum absolute atomic E-state index is 13.0. The first-order chi connectivity index (χ1) is 12.2. The molecule has 9 heteroatoms. The minimum atomic E-state index is -0.251. The predicted molar refractivity (Wildman–Crippen MR) is 95.9 cm³/mol. The highest BCUT2D eigenvalue weighted by molar-refractivity contribution is 7.80. The second kappa shape index (κ2) is 5.08. The Balaban J connectivity index is 1.87. The Kier molecular flexibility index (Phi) is 2.86. The number of fused-ring (bicyclic) bond motifs is 4. The summed E-state index contributed by atoms with van der Waals surface area (Å²) in [6, 6.07) is 11.5. The van der Waals surface area contributed by atoms with Crippen molar-refractivity contribution >= 4 is 34.0 Å². The van der Waals surface area contributed by atoms with Gasteiger partial charge in [-0.1, -0.05) is 30.3 Å². The average Bonchev–Trinajstić information content (AvgIpc) is 3.12. The second-order valence-electron chi connectivity index (χ2n) is 5.67. The molecule has 1 aromatic carbocycles. The van der Waals surface area contributed by atoms with E-state index in [1.165, 1.54) is 17.2 Å². The van der Waals surface area contributed by atoms with Gasteiger partial charge in [0.25, 0.3) is 11.3 Å². The number of rotatable bonds is 1. The SMILES string of the molecule is O=c1c2cnc3ncnn3c2cc2n1NC(=S)NC2c1ccccc1. The van der Waals surface area contributed by atoms with E-state index in [0.717, 1.165) is 11.3 Å². The van der Waals surface area contributed by atoms with Crippen LogP contribution < -0.4 is 16.3 Å². The number of benzene rings is 1. The fourth-order valence-electron chi connectivity index (χ4n) is 3.11. The molecule has 0 saturated heterocycles. The zero-order valence-corrected chi connectivity index (χ0v) is 13.6. The van der Waals surface area contributed by atoms with Gasteiger partial charge < -0.3 is 5.32 Å². The van der Waals surface area contributed by atoms with Crippen LogP contribution in [-0.4, -0.2) is 29.4 Å². The fraction of sp³-hybridized carbons (Fsp3) is 0.0625. The molecule has 122 valence electrons. The van der Waals surface area contributed by atoms with Crippen molar-refractivity contribution in [1.29, 1.82) is 0 Å². The summed E-state index contributed by atoms with van der Waals surface area (Å²) < 4.78 is 3.02. The largest absolute Gasteiger partial charge is 0.349 e. The molecule has 0 saturated carbocycles. The van der Waals surface area contributed by atoms with E-state index < -0.39 is 0 Å². The summed E-state index contributed by atoms with van der Waals surface area (Å²) >= 11 is 5.28. The number of hydrogen-bond donors (Lipinski definition) is 2. The predicted octanol–water partition coefficient (Wildman–Crippen LogP) is 0.960. The normalized spacial score (nSPS) is 16.5. The molecule has 5 rings (SSSR count). The number of nitrogens with one attached hydrogen (secondary N) is 2. The van der Waals surface area contributed by atoms with Crippen molar-refractivity contribution in [2.24, 2.45) is 0 Å². The second-order valence-corrected chi connectivity index (χ2v) is 6.08. The standard InChI is InChI=1S/C16H11N7OS/c24-14-10-7-17-15-18-8-19-23(15)11(10)6-12-13(9-4-2-1-3-5-9)20-16(25)21-22(12)14/h1-8,13H,(H2,20,21,25). The van der Waals surface area contributed by atoms with Crippen molar-refractivity contribution in [2.75, 3.05) is 5.43 Å². The Hall–Kier alpha value is -3.33. The highest BCUT2D eigenvalue weighted by Crippen LogP contribution is 2.25. The van der Waals surface area contributed by atoms with Crippen LogP contribution in [0.25, 0.3) is 16.7 Å². The summed E-state index contributed by atoms with van der Waals surface area (Å²) in [4.78, 5) is 21.2. The zero-order chi connectivity index (χ0) is 17.0. The van der Waals surface area contributed by atoms with E-state index in [2.05, 4.69) is 25.8 Å². The van der Waals surface area contributed by atoms with E-state index in [-0.39, 0.29) is 11.6 Å². The van der Waals surface area contributed by atoms with Gasteiger partial charge in [0, 0.05) is 6.20 Å². The molecule has 0 radical (unpaired) electrons. The number of aromatic nitrogens is 5. The maximum Gasteiger partial charge on any atom is 0.280 e. The van der Waals surface area contributed by atoms with Crippen LogP contribution in [0.1, 0.15) is 17.3 Å². The Labute approximate surface area is 146 Å². The number of pyridine rings is 1. The summed E-state index contributed by atoms with van der Waals surface area (Å²) in [6.45, 7) is 0. The third kappa shape index (κ3) is 2.02. The van der Waals surface area contributed by atoms with E-state index in [4.69, 9.17) is 12.2 Å². The summed E-state index contributed by atoms with van der Waals surface area (Å²) in [5.74, 6) is 0.445. The Morgan fingerprint density at radius 3 is 2.84 bits per heavy atom. The molecule has 25 heavy (non-hydrogen) atoms. The molecule has 3 aromatic heterocycles. The molecule has 1 unspecified atom stereocenters. The third-order valence-corrected chi connectivity index (χ3v) is 4.45. The van der Waals surface area contributed by atoms with E-state index in [9.17, 15) is 4.79 Å². The monoisotopic (exact) mass is 349 g/mol. The third-order valence-electron chi connectivity index (χ3n) is 4.24. The molecular formula is C16H11N7OS. The van der Waals surface area contributed by atoms with Gasteiger partial charge in [-0.15, -0.1) is 0 Å². The van der Waals surface area contributed by atoms with Gasteiger partial charge in [-0.2, -0.15) is 14.6 Å². The van der Waals surface area contributed by atoms with Crippen LogP contribution in [-0.2, 0) is 0 Å². The van der Waals surface area contributed by atoms with E-state index in [1.807, 2.05) is 36.4 Å². The van der Waals surface area contributed by atoms with Gasteiger partial charge in [-0.05, 0) is 23.8 Å². The molecule has 0 fully saturated rings. The molecule has 0 amide bonds. The van der Waals surface area contributed by atoms with Crippen molar-refractivity contribution in [3.05, 3.63) is 70.5 Å². The van der Waals surface area contributed by atoms with Crippen LogP contribution in [0.15, 0.2) is 53.7 Å². The molecule has 4 heterocycles. The highest BCUT2D eigenvalue weighted by Gasteiger charge is 2.26. The minimum Gasteiger partial charge on any atom is -0.349 e. The first kappa shape index (κ1) is 14.1. The minimum absolute atomic E-state index is 0.234. The Morgan fingerprint density at radius 2 is 2.00 bits per heavy atom. The summed E-state index contributed by atoms with van der Waals surface area (Å²) in [5.41, 5.74) is 5.07. The van der Waals surface area contributed by atoms with Gasteiger partial charge in [0.15, 0.2) is 5.11 Å². The number of nitrogens with zero attached hydrogens (tertiary/aromatic N) is 5. The van der Waals surface area contributed by atoms with Crippen molar-refractivity contribution < 1.29 is 0 Å². The molecular weight excluding hydrogens is 338 g/mol. The first-order valence-electron chi connectivity index (χ1n) is 7.59. The van der Waals surface area contributed by atoms with Gasteiger partial charge in [-0.25, -0.2) is 9.66 Å². The lowest BCUT2D eigenvalue weighted by Crippen LogP contribution is -2.49. The maximum atomic E-state index is 13.0. The average molecular weight is 349 g/mol. The quantitative estimate of drug-likeness (QED) is 0.495. The molecule has 2 N–H and O–H groups in total. The van der Waals surface area contributed by atoms with E-state index in [0.29, 0.717) is 21.8 Å². The lowest BCUT2D eigenvalue weighted by Gasteiger charge is -2.30. The molecule has 0 spiro atoms. The van der Waals surface area contributed by atoms with Crippen molar-refractivity contribution in [2.45, 2.75) is 6.04 Å². The molecule has 1 atom stereocenters. The van der Waals surface area contributed by atoms with Crippen LogP contribution in [0.3, 0.4) is 0 Å². The summed E-state index contributed by atoms with van der Waals surface area (Å²) in [7, 11) is 0. The molecule has 1 aliphatic heterocycles. The first-order valence-corrected chi connectivity index (χ1v) is 8.00. The molecule has 0 bridgehead atoms. The summed E-state index contributed by atoms with van der Waals surface area (Å²) in [6.07, 6.45) is 2.93. The van der Waals surface area contributed by atoms with E-state index >= 15 is 0 Å². The topological polar surface area (TPSA) is 89.1 Å². The van der Waals surface area contributed by atoms with Crippen LogP contribution in [0.5, 0.6) is 0 Å². The van der Waals surface area contributed by atoms with Gasteiger partial charge in [-0.3, -0.25) is 10.2 Å². The molecule has 1 aliphatic rings. The lowest BCUT2D eigenvalue weighted by atomic mass is 10.0. The van der Waals surface area contributed by atoms with Crippen LogP contribution >= 0.6 is 12.2 Å². The zero-order valence-electron chi connectivity index (χ0n) is 12.7. The smallest absolute Gasteiger partial charge is 0.280 e. The number of hydrogen-bond acceptors (Lipinski definition) is 5. The summed E-state index contributed by atoms with van der Waals surface area (Å²) in [5, 5.41) is 8.22. The molecule has 4 aromatic rings. The fourth-order valence-corrected chi connectivity index (χ4v) is 3.32. The van der Waals surface area contributed by atoms with Gasteiger partial charge in [0.05, 0.1) is 22.6 Å². The Morgan fingerprint density at radius 1 is 1.16 bits per heavy atom. The highest BCUT2D eigenvalue weighted by atomic mass is 32.1. The van der Waals surface area contributed by atoms with E-state index in [1.54, 1.807) is 4.52 Å².